The number of carboxylic acid groups (broad SMARTS) is 1. The van der Waals surface area contributed by atoms with Crippen LogP contribution in [0, 0.1) is 18.2 Å². The van der Waals surface area contributed by atoms with Gasteiger partial charge in [-0.25, -0.2) is 9.37 Å². The highest BCUT2D eigenvalue weighted by atomic mass is 19.1. The van der Waals surface area contributed by atoms with Gasteiger partial charge < -0.3 is 14.6 Å². The third-order valence-corrected chi connectivity index (χ3v) is 5.69. The summed E-state index contributed by atoms with van der Waals surface area (Å²) < 4.78 is 25.9. The van der Waals surface area contributed by atoms with Crippen molar-refractivity contribution < 1.29 is 23.8 Å². The van der Waals surface area contributed by atoms with Crippen LogP contribution in [0.25, 0.3) is 22.5 Å². The molecule has 9 heteroatoms. The van der Waals surface area contributed by atoms with Crippen LogP contribution in [0.4, 0.5) is 4.39 Å². The van der Waals surface area contributed by atoms with Crippen LogP contribution in [0.3, 0.4) is 0 Å². The fourth-order valence-electron chi connectivity index (χ4n) is 3.65. The molecule has 0 unspecified atom stereocenters. The van der Waals surface area contributed by atoms with Crippen molar-refractivity contribution in [2.24, 2.45) is 5.41 Å². The molecule has 8 nitrogen and oxygen atoms in total. The number of hydrogen-bond acceptors (Lipinski definition) is 6. The highest BCUT2D eigenvalue weighted by molar-refractivity contribution is 5.76. The first-order chi connectivity index (χ1) is 15.3. The van der Waals surface area contributed by atoms with Gasteiger partial charge in [-0.05, 0) is 56.9 Å². The van der Waals surface area contributed by atoms with Gasteiger partial charge in [0.25, 0.3) is 0 Å². The van der Waals surface area contributed by atoms with E-state index in [9.17, 15) is 14.3 Å². The molecule has 32 heavy (non-hydrogen) atoms. The zero-order valence-corrected chi connectivity index (χ0v) is 18.2. The van der Waals surface area contributed by atoms with E-state index in [2.05, 4.69) is 20.2 Å². The molecular formula is C23H25FN4O4. The molecule has 2 N–H and O–H groups in total. The Labute approximate surface area is 184 Å². The van der Waals surface area contributed by atoms with Crippen LogP contribution in [-0.4, -0.2) is 44.0 Å². The van der Waals surface area contributed by atoms with Crippen molar-refractivity contribution >= 4 is 5.97 Å². The molecule has 0 radical (unpaired) electrons. The van der Waals surface area contributed by atoms with E-state index in [-0.39, 0.29) is 30.1 Å². The van der Waals surface area contributed by atoms with Gasteiger partial charge in [0, 0.05) is 17.8 Å². The summed E-state index contributed by atoms with van der Waals surface area (Å²) in [4.78, 5) is 20.0. The number of carbonyl (C=O) groups is 1. The van der Waals surface area contributed by atoms with Gasteiger partial charge in [-0.15, -0.1) is 5.10 Å². The maximum absolute atomic E-state index is 14.8. The summed E-state index contributed by atoms with van der Waals surface area (Å²) in [6.45, 7) is 5.68. The highest BCUT2D eigenvalue weighted by Gasteiger charge is 2.45. The number of nitrogens with zero attached hydrogens (tertiary/aromatic N) is 3. The number of halogens is 1. The number of aryl methyl sites for hydroxylation is 1. The van der Waals surface area contributed by atoms with Crippen molar-refractivity contribution in [3.05, 3.63) is 41.8 Å². The minimum absolute atomic E-state index is 0.0864. The summed E-state index contributed by atoms with van der Waals surface area (Å²) >= 11 is 0. The molecule has 1 aliphatic carbocycles. The average Bonchev–Trinajstić information content (AvgIpc) is 3.14. The van der Waals surface area contributed by atoms with Gasteiger partial charge in [-0.2, -0.15) is 4.98 Å². The number of H-pyrrole nitrogens is 1. The molecular weight excluding hydrogens is 415 g/mol. The number of pyridine rings is 1. The van der Waals surface area contributed by atoms with Crippen molar-refractivity contribution in [3.63, 3.8) is 0 Å². The predicted molar refractivity (Wildman–Crippen MR) is 115 cm³/mol. The van der Waals surface area contributed by atoms with Gasteiger partial charge in [0.15, 0.2) is 5.82 Å². The number of rotatable bonds is 8. The first-order valence-electron chi connectivity index (χ1n) is 10.5. The summed E-state index contributed by atoms with van der Waals surface area (Å²) in [5.41, 5.74) is 1.72. The Hall–Kier alpha value is -3.49. The fraction of sp³-hybridized carbons (Fsp3) is 0.391. The number of nitrogens with one attached hydrogen (secondary N) is 1. The van der Waals surface area contributed by atoms with E-state index in [1.54, 1.807) is 24.4 Å². The van der Waals surface area contributed by atoms with Gasteiger partial charge in [0.1, 0.15) is 17.8 Å². The quantitative estimate of drug-likeness (QED) is 0.534. The number of carboxylic acids is 1. The van der Waals surface area contributed by atoms with Crippen LogP contribution in [0.15, 0.2) is 30.5 Å². The van der Waals surface area contributed by atoms with Crippen LogP contribution < -0.4 is 9.47 Å². The summed E-state index contributed by atoms with van der Waals surface area (Å²) in [5, 5.41) is 16.1. The maximum Gasteiger partial charge on any atom is 0.336 e. The monoisotopic (exact) mass is 440 g/mol. The second-order valence-corrected chi connectivity index (χ2v) is 8.39. The third kappa shape index (κ3) is 4.28. The Morgan fingerprint density at radius 3 is 2.66 bits per heavy atom. The largest absolute Gasteiger partial charge is 0.481 e. The number of aromatic amines is 1. The van der Waals surface area contributed by atoms with Gasteiger partial charge >= 0.3 is 12.0 Å². The Morgan fingerprint density at radius 2 is 2.06 bits per heavy atom. The van der Waals surface area contributed by atoms with E-state index in [1.165, 1.54) is 6.07 Å². The zero-order chi connectivity index (χ0) is 22.9. The molecule has 0 amide bonds. The van der Waals surface area contributed by atoms with Gasteiger partial charge in [0.2, 0.25) is 5.88 Å². The zero-order valence-electron chi connectivity index (χ0n) is 18.2. The average molecular weight is 440 g/mol. The number of aliphatic carboxylic acids is 1. The lowest BCUT2D eigenvalue weighted by atomic mass is 9.69. The SMILES string of the molecule is Cc1cc(OCC2(C(=O)O)CCC2)ncc1-c1ccc(-c2nc(OC(C)C)n[nH]2)c(F)c1. The summed E-state index contributed by atoms with van der Waals surface area (Å²) in [5.74, 6) is -0.646. The third-order valence-electron chi connectivity index (χ3n) is 5.69. The molecule has 0 aliphatic heterocycles. The van der Waals surface area contributed by atoms with Crippen molar-refractivity contribution in [3.8, 4) is 34.4 Å². The highest BCUT2D eigenvalue weighted by Crippen LogP contribution is 2.41. The van der Waals surface area contributed by atoms with Crippen LogP contribution in [0.1, 0.15) is 38.7 Å². The normalized spacial score (nSPS) is 14.8. The Balaban J connectivity index is 1.50. The first kappa shape index (κ1) is 21.7. The van der Waals surface area contributed by atoms with Gasteiger partial charge in [-0.1, -0.05) is 12.5 Å². The maximum atomic E-state index is 14.8. The Kier molecular flexibility index (Phi) is 5.82. The van der Waals surface area contributed by atoms with Crippen LogP contribution >= 0.6 is 0 Å². The lowest BCUT2D eigenvalue weighted by Gasteiger charge is -2.36. The second-order valence-electron chi connectivity index (χ2n) is 8.39. The van der Waals surface area contributed by atoms with Crippen LogP contribution in [-0.2, 0) is 4.79 Å². The summed E-state index contributed by atoms with van der Waals surface area (Å²) in [6.07, 6.45) is 3.64. The van der Waals surface area contributed by atoms with Crippen molar-refractivity contribution in [2.45, 2.75) is 46.1 Å². The number of ether oxygens (including phenoxy) is 2. The fourth-order valence-corrected chi connectivity index (χ4v) is 3.65. The molecule has 1 aromatic carbocycles. The molecule has 3 aromatic rings. The van der Waals surface area contributed by atoms with E-state index < -0.39 is 17.2 Å². The van der Waals surface area contributed by atoms with Crippen molar-refractivity contribution in [2.75, 3.05) is 6.61 Å². The summed E-state index contributed by atoms with van der Waals surface area (Å²) in [7, 11) is 0. The minimum Gasteiger partial charge on any atom is -0.481 e. The molecule has 2 heterocycles. The lowest BCUT2D eigenvalue weighted by molar-refractivity contribution is -0.157. The summed E-state index contributed by atoms with van der Waals surface area (Å²) in [6, 6.07) is 6.73. The molecule has 2 aromatic heterocycles. The van der Waals surface area contributed by atoms with E-state index in [4.69, 9.17) is 9.47 Å². The second kappa shape index (κ2) is 8.57. The standard InChI is InChI=1S/C23H25FN4O4/c1-13(2)32-22-26-20(27-28-22)16-6-5-15(10-18(16)24)17-11-25-19(9-14(17)3)31-12-23(21(29)30)7-4-8-23/h5-6,9-11,13H,4,7-8,12H2,1-3H3,(H,29,30)(H,26,27,28). The van der Waals surface area contributed by atoms with E-state index >= 15 is 0 Å². The van der Waals surface area contributed by atoms with E-state index in [0.717, 1.165) is 17.5 Å². The smallest absolute Gasteiger partial charge is 0.336 e. The topological polar surface area (TPSA) is 110 Å². The van der Waals surface area contributed by atoms with E-state index in [0.29, 0.717) is 24.3 Å². The molecule has 0 saturated heterocycles. The Bertz CT molecular complexity index is 1140. The molecule has 0 spiro atoms. The number of benzene rings is 1. The molecule has 0 bridgehead atoms. The Morgan fingerprint density at radius 1 is 1.28 bits per heavy atom. The minimum atomic E-state index is -0.831. The first-order valence-corrected chi connectivity index (χ1v) is 10.5. The van der Waals surface area contributed by atoms with Crippen LogP contribution in [0.5, 0.6) is 11.9 Å². The van der Waals surface area contributed by atoms with Crippen molar-refractivity contribution in [1.82, 2.24) is 20.2 Å². The molecule has 168 valence electrons. The lowest BCUT2D eigenvalue weighted by Crippen LogP contribution is -2.43. The molecule has 1 fully saturated rings. The molecule has 1 aliphatic rings. The van der Waals surface area contributed by atoms with Crippen molar-refractivity contribution in [1.29, 1.82) is 0 Å². The van der Waals surface area contributed by atoms with Gasteiger partial charge in [0.05, 0.1) is 11.7 Å². The van der Waals surface area contributed by atoms with Gasteiger partial charge in [-0.3, -0.25) is 9.89 Å². The predicted octanol–water partition coefficient (Wildman–Crippen LogP) is 4.40. The number of hydrogen-bond donors (Lipinski definition) is 2. The molecule has 4 rings (SSSR count). The molecule has 1 saturated carbocycles. The van der Waals surface area contributed by atoms with E-state index in [1.807, 2.05) is 20.8 Å². The van der Waals surface area contributed by atoms with Crippen LogP contribution in [0.2, 0.25) is 0 Å². The number of aromatic nitrogens is 4. The molecule has 0 atom stereocenters.